The standard InChI is InChI=1S/C12H22N4/c1-3-16-6-4-5-12(16)9-13-7-11-8-14-10(2)15-11/h8,12-13H,3-7,9H2,1-2H3,(H,14,15). The van der Waals surface area contributed by atoms with Crippen LogP contribution in [0.5, 0.6) is 0 Å². The second-order valence-corrected chi connectivity index (χ2v) is 4.55. The summed E-state index contributed by atoms with van der Waals surface area (Å²) in [7, 11) is 0. The normalized spacial score (nSPS) is 21.8. The molecule has 1 aromatic heterocycles. The summed E-state index contributed by atoms with van der Waals surface area (Å²) in [6.07, 6.45) is 4.60. The number of hydrogen-bond acceptors (Lipinski definition) is 3. The highest BCUT2D eigenvalue weighted by atomic mass is 15.2. The second-order valence-electron chi connectivity index (χ2n) is 4.55. The number of H-pyrrole nitrogens is 1. The molecule has 1 aromatic rings. The monoisotopic (exact) mass is 222 g/mol. The average Bonchev–Trinajstić information content (AvgIpc) is 2.87. The van der Waals surface area contributed by atoms with Crippen LogP contribution in [0.4, 0.5) is 0 Å². The van der Waals surface area contributed by atoms with Gasteiger partial charge in [0.2, 0.25) is 0 Å². The van der Waals surface area contributed by atoms with Crippen LogP contribution in [0.2, 0.25) is 0 Å². The lowest BCUT2D eigenvalue weighted by Crippen LogP contribution is -2.37. The van der Waals surface area contributed by atoms with E-state index in [-0.39, 0.29) is 0 Å². The Morgan fingerprint density at radius 3 is 3.19 bits per heavy atom. The predicted molar refractivity (Wildman–Crippen MR) is 65.3 cm³/mol. The predicted octanol–water partition coefficient (Wildman–Crippen LogP) is 1.29. The third-order valence-corrected chi connectivity index (χ3v) is 3.36. The summed E-state index contributed by atoms with van der Waals surface area (Å²) in [5, 5.41) is 3.51. The molecule has 0 aliphatic carbocycles. The van der Waals surface area contributed by atoms with Crippen LogP contribution in [-0.2, 0) is 6.54 Å². The molecule has 0 amide bonds. The van der Waals surface area contributed by atoms with Crippen LogP contribution in [-0.4, -0.2) is 40.5 Å². The zero-order valence-corrected chi connectivity index (χ0v) is 10.3. The number of hydrogen-bond donors (Lipinski definition) is 2. The molecule has 2 rings (SSSR count). The SMILES string of the molecule is CCN1CCCC1CNCc1cnc(C)[nH]1. The van der Waals surface area contributed by atoms with Crippen molar-refractivity contribution in [1.82, 2.24) is 20.2 Å². The van der Waals surface area contributed by atoms with Crippen LogP contribution in [0.15, 0.2) is 6.20 Å². The molecule has 1 unspecified atom stereocenters. The fourth-order valence-electron chi connectivity index (χ4n) is 2.48. The molecule has 1 saturated heterocycles. The van der Waals surface area contributed by atoms with Crippen molar-refractivity contribution in [2.75, 3.05) is 19.6 Å². The number of aromatic amines is 1. The fourth-order valence-corrected chi connectivity index (χ4v) is 2.48. The van der Waals surface area contributed by atoms with E-state index in [9.17, 15) is 0 Å². The van der Waals surface area contributed by atoms with Crippen LogP contribution >= 0.6 is 0 Å². The van der Waals surface area contributed by atoms with E-state index in [2.05, 4.69) is 27.1 Å². The first-order chi connectivity index (χ1) is 7.79. The van der Waals surface area contributed by atoms with Gasteiger partial charge in [-0.25, -0.2) is 4.98 Å². The van der Waals surface area contributed by atoms with Crippen molar-refractivity contribution in [3.63, 3.8) is 0 Å². The zero-order valence-electron chi connectivity index (χ0n) is 10.3. The molecule has 1 aliphatic rings. The van der Waals surface area contributed by atoms with E-state index in [0.29, 0.717) is 0 Å². The molecule has 4 heteroatoms. The molecule has 2 N–H and O–H groups in total. The van der Waals surface area contributed by atoms with Gasteiger partial charge < -0.3 is 10.3 Å². The Labute approximate surface area is 97.4 Å². The lowest BCUT2D eigenvalue weighted by atomic mass is 10.2. The average molecular weight is 222 g/mol. The van der Waals surface area contributed by atoms with Gasteiger partial charge in [0.15, 0.2) is 0 Å². The first kappa shape index (κ1) is 11.6. The summed E-state index contributed by atoms with van der Waals surface area (Å²) in [5.41, 5.74) is 1.18. The van der Waals surface area contributed by atoms with Crippen LogP contribution in [0.25, 0.3) is 0 Å². The van der Waals surface area contributed by atoms with Crippen LogP contribution in [0, 0.1) is 6.92 Å². The highest BCUT2D eigenvalue weighted by Gasteiger charge is 2.21. The summed E-state index contributed by atoms with van der Waals surface area (Å²) in [6.45, 7) is 8.66. The maximum Gasteiger partial charge on any atom is 0.103 e. The maximum absolute atomic E-state index is 4.19. The molecular weight excluding hydrogens is 200 g/mol. The molecule has 0 saturated carbocycles. The third-order valence-electron chi connectivity index (χ3n) is 3.36. The first-order valence-electron chi connectivity index (χ1n) is 6.25. The Morgan fingerprint density at radius 1 is 1.62 bits per heavy atom. The Bertz CT molecular complexity index is 321. The number of rotatable bonds is 5. The Kier molecular flexibility index (Phi) is 3.96. The quantitative estimate of drug-likeness (QED) is 0.789. The lowest BCUT2D eigenvalue weighted by molar-refractivity contribution is 0.259. The summed E-state index contributed by atoms with van der Waals surface area (Å²) in [6, 6.07) is 0.731. The van der Waals surface area contributed by atoms with Crippen molar-refractivity contribution in [2.45, 2.75) is 39.3 Å². The number of aromatic nitrogens is 2. The van der Waals surface area contributed by atoms with Gasteiger partial charge in [0.1, 0.15) is 5.82 Å². The number of imidazole rings is 1. The fraction of sp³-hybridized carbons (Fsp3) is 0.750. The van der Waals surface area contributed by atoms with Crippen molar-refractivity contribution in [2.24, 2.45) is 0 Å². The second kappa shape index (κ2) is 5.46. The van der Waals surface area contributed by atoms with Gasteiger partial charge in [0.25, 0.3) is 0 Å². The van der Waals surface area contributed by atoms with E-state index in [1.807, 2.05) is 13.1 Å². The minimum Gasteiger partial charge on any atom is -0.345 e. The van der Waals surface area contributed by atoms with Crippen molar-refractivity contribution in [3.8, 4) is 0 Å². The minimum absolute atomic E-state index is 0.731. The largest absolute Gasteiger partial charge is 0.345 e. The highest BCUT2D eigenvalue weighted by Crippen LogP contribution is 2.15. The van der Waals surface area contributed by atoms with E-state index >= 15 is 0 Å². The molecule has 0 spiro atoms. The highest BCUT2D eigenvalue weighted by molar-refractivity contribution is 4.99. The van der Waals surface area contributed by atoms with E-state index in [0.717, 1.165) is 25.0 Å². The van der Waals surface area contributed by atoms with Gasteiger partial charge in [-0.1, -0.05) is 6.92 Å². The smallest absolute Gasteiger partial charge is 0.103 e. The topological polar surface area (TPSA) is 44.0 Å². The third kappa shape index (κ3) is 2.83. The molecule has 0 bridgehead atoms. The zero-order chi connectivity index (χ0) is 11.4. The van der Waals surface area contributed by atoms with Crippen molar-refractivity contribution < 1.29 is 0 Å². The molecule has 1 fully saturated rings. The number of nitrogens with one attached hydrogen (secondary N) is 2. The Balaban J connectivity index is 1.71. The van der Waals surface area contributed by atoms with Gasteiger partial charge in [0.05, 0.1) is 0 Å². The van der Waals surface area contributed by atoms with Gasteiger partial charge in [-0.2, -0.15) is 0 Å². The minimum atomic E-state index is 0.731. The molecule has 0 radical (unpaired) electrons. The van der Waals surface area contributed by atoms with Crippen LogP contribution in [0.3, 0.4) is 0 Å². The van der Waals surface area contributed by atoms with Crippen LogP contribution < -0.4 is 5.32 Å². The number of nitrogens with zero attached hydrogens (tertiary/aromatic N) is 2. The maximum atomic E-state index is 4.19. The molecule has 16 heavy (non-hydrogen) atoms. The summed E-state index contributed by atoms with van der Waals surface area (Å²) < 4.78 is 0. The van der Waals surface area contributed by atoms with E-state index in [4.69, 9.17) is 0 Å². The molecule has 1 atom stereocenters. The van der Waals surface area contributed by atoms with E-state index < -0.39 is 0 Å². The number of likely N-dealkylation sites (tertiary alicyclic amines) is 1. The lowest BCUT2D eigenvalue weighted by Gasteiger charge is -2.22. The van der Waals surface area contributed by atoms with Gasteiger partial charge in [-0.05, 0) is 32.9 Å². The Hall–Kier alpha value is -0.870. The molecule has 2 heterocycles. The van der Waals surface area contributed by atoms with E-state index in [1.54, 1.807) is 0 Å². The summed E-state index contributed by atoms with van der Waals surface area (Å²) in [4.78, 5) is 9.99. The summed E-state index contributed by atoms with van der Waals surface area (Å²) in [5.74, 6) is 0.993. The molecule has 90 valence electrons. The van der Waals surface area contributed by atoms with Gasteiger partial charge >= 0.3 is 0 Å². The first-order valence-corrected chi connectivity index (χ1v) is 6.25. The summed E-state index contributed by atoms with van der Waals surface area (Å²) >= 11 is 0. The van der Waals surface area contributed by atoms with Crippen molar-refractivity contribution in [3.05, 3.63) is 17.7 Å². The van der Waals surface area contributed by atoms with Crippen molar-refractivity contribution >= 4 is 0 Å². The molecule has 1 aliphatic heterocycles. The van der Waals surface area contributed by atoms with Crippen molar-refractivity contribution in [1.29, 1.82) is 0 Å². The van der Waals surface area contributed by atoms with E-state index in [1.165, 1.54) is 31.6 Å². The van der Waals surface area contributed by atoms with Gasteiger partial charge in [-0.3, -0.25) is 4.90 Å². The number of aryl methyl sites for hydroxylation is 1. The number of likely N-dealkylation sites (N-methyl/N-ethyl adjacent to an activating group) is 1. The molecule has 0 aromatic carbocycles. The Morgan fingerprint density at radius 2 is 2.50 bits per heavy atom. The molecular formula is C12H22N4. The van der Waals surface area contributed by atoms with Gasteiger partial charge in [0, 0.05) is 31.0 Å². The van der Waals surface area contributed by atoms with Crippen LogP contribution in [0.1, 0.15) is 31.3 Å². The molecule has 4 nitrogen and oxygen atoms in total. The van der Waals surface area contributed by atoms with Gasteiger partial charge in [-0.15, -0.1) is 0 Å².